The molecular weight excluding hydrogens is 367 g/mol. The van der Waals surface area contributed by atoms with E-state index in [4.69, 9.17) is 4.65 Å². The van der Waals surface area contributed by atoms with Crippen LogP contribution in [-0.4, -0.2) is 70.4 Å². The highest BCUT2D eigenvalue weighted by Crippen LogP contribution is 2.32. The lowest BCUT2D eigenvalue weighted by molar-refractivity contribution is -0.132. The Morgan fingerprint density at radius 3 is 2.52 bits per heavy atom. The highest BCUT2D eigenvalue weighted by molar-refractivity contribution is 6.47. The van der Waals surface area contributed by atoms with Gasteiger partial charge in [0.15, 0.2) is 0 Å². The highest BCUT2D eigenvalue weighted by atomic mass is 16.5. The van der Waals surface area contributed by atoms with Crippen molar-refractivity contribution in [3.63, 3.8) is 0 Å². The number of amides is 1. The first-order valence-electron chi connectivity index (χ1n) is 10.4. The van der Waals surface area contributed by atoms with Crippen LogP contribution in [0.4, 0.5) is 5.69 Å². The van der Waals surface area contributed by atoms with Crippen molar-refractivity contribution in [2.24, 2.45) is 5.92 Å². The van der Waals surface area contributed by atoms with Gasteiger partial charge in [0.2, 0.25) is 5.91 Å². The van der Waals surface area contributed by atoms with Gasteiger partial charge >= 0.3 is 7.48 Å². The van der Waals surface area contributed by atoms with Crippen LogP contribution in [0.25, 0.3) is 5.52 Å². The van der Waals surface area contributed by atoms with Crippen molar-refractivity contribution in [1.29, 1.82) is 0 Å². The summed E-state index contributed by atoms with van der Waals surface area (Å²) in [6.07, 6.45) is 5.83. The second-order valence-electron chi connectivity index (χ2n) is 9.21. The minimum atomic E-state index is -0.969. The first-order chi connectivity index (χ1) is 13.7. The van der Waals surface area contributed by atoms with E-state index in [1.165, 1.54) is 0 Å². The van der Waals surface area contributed by atoms with Gasteiger partial charge in [-0.3, -0.25) is 4.79 Å². The van der Waals surface area contributed by atoms with E-state index >= 15 is 0 Å². The van der Waals surface area contributed by atoms with Crippen molar-refractivity contribution in [2.75, 3.05) is 31.1 Å². The molecule has 1 amide bonds. The summed E-state index contributed by atoms with van der Waals surface area (Å²) in [5.41, 5.74) is 1.32. The lowest BCUT2D eigenvalue weighted by Crippen LogP contribution is -2.49. The standard InChI is InChI=1S/C21H30BN4O3/c1-20(2,28)21(3,4)29-22-16-13-18-17(7-8-23-26(18)14-16)24-9-11-25(12-10-24)19(27)15-5-6-15/h7-8,13-15,28H,5-6,9-12H2,1-4H3. The molecule has 0 aromatic carbocycles. The van der Waals surface area contributed by atoms with Gasteiger partial charge < -0.3 is 19.6 Å². The highest BCUT2D eigenvalue weighted by Gasteiger charge is 2.36. The van der Waals surface area contributed by atoms with E-state index in [9.17, 15) is 9.90 Å². The Morgan fingerprint density at radius 2 is 1.90 bits per heavy atom. The maximum Gasteiger partial charge on any atom is 0.332 e. The maximum absolute atomic E-state index is 12.3. The topological polar surface area (TPSA) is 70.3 Å². The van der Waals surface area contributed by atoms with Gasteiger partial charge in [-0.2, -0.15) is 5.10 Å². The summed E-state index contributed by atoms with van der Waals surface area (Å²) in [5.74, 6) is 0.613. The molecule has 1 aliphatic carbocycles. The van der Waals surface area contributed by atoms with E-state index in [0.29, 0.717) is 5.91 Å². The summed E-state index contributed by atoms with van der Waals surface area (Å²) >= 11 is 0. The molecule has 155 valence electrons. The zero-order valence-electron chi connectivity index (χ0n) is 17.8. The number of rotatable bonds is 6. The third-order valence-electron chi connectivity index (χ3n) is 6.33. The Hall–Kier alpha value is -2.06. The summed E-state index contributed by atoms with van der Waals surface area (Å²) in [4.78, 5) is 16.6. The molecule has 2 aliphatic rings. The van der Waals surface area contributed by atoms with E-state index in [2.05, 4.69) is 10.00 Å². The number of hydrogen-bond donors (Lipinski definition) is 1. The average Bonchev–Trinajstić information content (AvgIpc) is 3.44. The largest absolute Gasteiger partial charge is 0.427 e. The Kier molecular flexibility index (Phi) is 5.11. The van der Waals surface area contributed by atoms with E-state index in [1.54, 1.807) is 27.5 Å². The van der Waals surface area contributed by atoms with Crippen LogP contribution in [-0.2, 0) is 9.45 Å². The first-order valence-corrected chi connectivity index (χ1v) is 10.4. The van der Waals surface area contributed by atoms with Crippen molar-refractivity contribution >= 4 is 30.1 Å². The quantitative estimate of drug-likeness (QED) is 0.742. The Bertz CT molecular complexity index is 893. The summed E-state index contributed by atoms with van der Waals surface area (Å²) in [6.45, 7) is 10.4. The summed E-state index contributed by atoms with van der Waals surface area (Å²) in [7, 11) is 1.68. The second kappa shape index (κ2) is 7.33. The van der Waals surface area contributed by atoms with Crippen molar-refractivity contribution in [2.45, 2.75) is 51.7 Å². The zero-order valence-corrected chi connectivity index (χ0v) is 17.8. The fraction of sp³-hybridized carbons (Fsp3) is 0.619. The molecule has 0 spiro atoms. The maximum atomic E-state index is 12.3. The summed E-state index contributed by atoms with van der Waals surface area (Å²) < 4.78 is 7.74. The van der Waals surface area contributed by atoms with Crippen molar-refractivity contribution in [3.05, 3.63) is 24.5 Å². The van der Waals surface area contributed by atoms with Gasteiger partial charge in [-0.05, 0) is 58.1 Å². The number of aromatic nitrogens is 2. The van der Waals surface area contributed by atoms with Gasteiger partial charge in [-0.25, -0.2) is 4.52 Å². The summed E-state index contributed by atoms with van der Waals surface area (Å²) in [6, 6.07) is 4.07. The van der Waals surface area contributed by atoms with Gasteiger partial charge in [0.05, 0.1) is 22.4 Å². The lowest BCUT2D eigenvalue weighted by atomic mass is 9.84. The molecule has 0 unspecified atom stereocenters. The Morgan fingerprint density at radius 1 is 1.21 bits per heavy atom. The van der Waals surface area contributed by atoms with Crippen molar-refractivity contribution in [1.82, 2.24) is 14.5 Å². The Labute approximate surface area is 172 Å². The number of nitrogens with zero attached hydrogens (tertiary/aromatic N) is 4. The predicted molar refractivity (Wildman–Crippen MR) is 114 cm³/mol. The zero-order chi connectivity index (χ0) is 20.8. The average molecular weight is 397 g/mol. The van der Waals surface area contributed by atoms with Crippen LogP contribution in [0.1, 0.15) is 40.5 Å². The third-order valence-corrected chi connectivity index (χ3v) is 6.33. The minimum absolute atomic E-state index is 0.283. The number of carbonyl (C=O) groups is 1. The number of aliphatic hydroxyl groups is 1. The van der Waals surface area contributed by atoms with E-state index < -0.39 is 11.2 Å². The molecule has 3 heterocycles. The van der Waals surface area contributed by atoms with Crippen LogP contribution in [0, 0.1) is 5.92 Å². The van der Waals surface area contributed by atoms with E-state index in [0.717, 1.165) is 55.7 Å². The molecule has 29 heavy (non-hydrogen) atoms. The molecule has 2 aromatic heterocycles. The van der Waals surface area contributed by atoms with Gasteiger partial charge in [-0.15, -0.1) is 0 Å². The molecule has 1 N–H and O–H groups in total. The fourth-order valence-electron chi connectivity index (χ4n) is 3.47. The fourth-order valence-corrected chi connectivity index (χ4v) is 3.47. The van der Waals surface area contributed by atoms with Crippen LogP contribution in [0.3, 0.4) is 0 Å². The van der Waals surface area contributed by atoms with E-state index in [1.807, 2.05) is 41.6 Å². The molecule has 1 saturated heterocycles. The molecule has 4 rings (SSSR count). The molecule has 1 aliphatic heterocycles. The van der Waals surface area contributed by atoms with Gasteiger partial charge in [-0.1, -0.05) is 0 Å². The summed E-state index contributed by atoms with van der Waals surface area (Å²) in [5, 5.41) is 14.7. The van der Waals surface area contributed by atoms with Crippen molar-refractivity contribution < 1.29 is 14.6 Å². The van der Waals surface area contributed by atoms with Crippen LogP contribution < -0.4 is 10.4 Å². The van der Waals surface area contributed by atoms with E-state index in [-0.39, 0.29) is 5.92 Å². The number of fused-ring (bicyclic) bond motifs is 1. The van der Waals surface area contributed by atoms with Crippen LogP contribution in [0.15, 0.2) is 24.5 Å². The van der Waals surface area contributed by atoms with Crippen LogP contribution >= 0.6 is 0 Å². The molecule has 1 radical (unpaired) electrons. The minimum Gasteiger partial charge on any atom is -0.427 e. The smallest absolute Gasteiger partial charge is 0.332 e. The second-order valence-corrected chi connectivity index (χ2v) is 9.21. The predicted octanol–water partition coefficient (Wildman–Crippen LogP) is 1.20. The molecule has 0 bridgehead atoms. The molecule has 1 saturated carbocycles. The molecule has 2 fully saturated rings. The molecular formula is C21H30BN4O3. The van der Waals surface area contributed by atoms with Crippen LogP contribution in [0.5, 0.6) is 0 Å². The monoisotopic (exact) mass is 397 g/mol. The molecule has 7 nitrogen and oxygen atoms in total. The van der Waals surface area contributed by atoms with Gasteiger partial charge in [0, 0.05) is 44.5 Å². The van der Waals surface area contributed by atoms with Gasteiger partial charge in [0.1, 0.15) is 0 Å². The number of carbonyl (C=O) groups excluding carboxylic acids is 1. The SMILES string of the molecule is CC(C)(O)C(C)(C)O[B]c1cc2c(N3CCN(C(=O)C4CC4)CC3)ccnn2c1. The van der Waals surface area contributed by atoms with Crippen LogP contribution in [0.2, 0.25) is 0 Å². The third kappa shape index (κ3) is 4.14. The molecule has 8 heteroatoms. The normalized spacial score (nSPS) is 18.4. The lowest BCUT2D eigenvalue weighted by Gasteiger charge is -2.37. The number of piperazine rings is 1. The van der Waals surface area contributed by atoms with Crippen molar-refractivity contribution in [3.8, 4) is 0 Å². The number of hydrogen-bond acceptors (Lipinski definition) is 5. The van der Waals surface area contributed by atoms with Gasteiger partial charge in [0.25, 0.3) is 0 Å². The Balaban J connectivity index is 1.46. The molecule has 0 atom stereocenters. The number of anilines is 1. The first kappa shape index (κ1) is 20.2. The molecule has 2 aromatic rings.